The Morgan fingerprint density at radius 1 is 1.11 bits per heavy atom. The van der Waals surface area contributed by atoms with Crippen LogP contribution in [0.5, 0.6) is 5.75 Å². The van der Waals surface area contributed by atoms with Gasteiger partial charge < -0.3 is 10.5 Å². The zero-order chi connectivity index (χ0) is 13.0. The van der Waals surface area contributed by atoms with Gasteiger partial charge in [-0.2, -0.15) is 0 Å². The molecular formula is C16H25NO. The van der Waals surface area contributed by atoms with Crippen molar-refractivity contribution in [2.24, 2.45) is 11.7 Å². The molecule has 100 valence electrons. The van der Waals surface area contributed by atoms with Gasteiger partial charge in [-0.25, -0.2) is 0 Å². The fourth-order valence-corrected chi connectivity index (χ4v) is 2.91. The second kappa shape index (κ2) is 6.24. The summed E-state index contributed by atoms with van der Waals surface area (Å²) in [7, 11) is 0. The van der Waals surface area contributed by atoms with E-state index in [9.17, 15) is 0 Å². The zero-order valence-corrected chi connectivity index (χ0v) is 11.6. The number of rotatable bonds is 3. The summed E-state index contributed by atoms with van der Waals surface area (Å²) < 4.78 is 6.32. The average Bonchev–Trinajstić information content (AvgIpc) is 2.59. The van der Waals surface area contributed by atoms with Gasteiger partial charge in [0.15, 0.2) is 0 Å². The Kier molecular flexibility index (Phi) is 4.65. The van der Waals surface area contributed by atoms with Crippen molar-refractivity contribution in [1.29, 1.82) is 0 Å². The minimum absolute atomic E-state index is 0.303. The van der Waals surface area contributed by atoms with Crippen molar-refractivity contribution in [3.05, 3.63) is 29.3 Å². The second-order valence-electron chi connectivity index (χ2n) is 5.51. The van der Waals surface area contributed by atoms with Crippen LogP contribution in [0.25, 0.3) is 0 Å². The van der Waals surface area contributed by atoms with Crippen LogP contribution in [0, 0.1) is 19.8 Å². The predicted molar refractivity (Wildman–Crippen MR) is 76.0 cm³/mol. The molecule has 2 rings (SSSR count). The molecule has 1 aliphatic rings. The number of ether oxygens (including phenoxy) is 1. The number of nitrogens with two attached hydrogens (primary N) is 1. The van der Waals surface area contributed by atoms with Crippen molar-refractivity contribution in [3.8, 4) is 5.75 Å². The lowest BCUT2D eigenvalue weighted by Crippen LogP contribution is -2.32. The molecule has 0 bridgehead atoms. The van der Waals surface area contributed by atoms with Crippen LogP contribution in [0.15, 0.2) is 18.2 Å². The molecule has 1 aromatic carbocycles. The molecule has 0 aliphatic heterocycles. The summed E-state index contributed by atoms with van der Waals surface area (Å²) in [6.07, 6.45) is 6.56. The Morgan fingerprint density at radius 2 is 1.78 bits per heavy atom. The highest BCUT2D eigenvalue weighted by Gasteiger charge is 2.25. The second-order valence-corrected chi connectivity index (χ2v) is 5.51. The molecule has 0 radical (unpaired) electrons. The minimum Gasteiger partial charge on any atom is -0.490 e. The largest absolute Gasteiger partial charge is 0.490 e. The third-order valence-corrected chi connectivity index (χ3v) is 4.07. The summed E-state index contributed by atoms with van der Waals surface area (Å²) in [4.78, 5) is 0. The quantitative estimate of drug-likeness (QED) is 0.828. The van der Waals surface area contributed by atoms with Crippen LogP contribution in [0.3, 0.4) is 0 Å². The molecule has 1 saturated carbocycles. The van der Waals surface area contributed by atoms with E-state index in [1.54, 1.807) is 0 Å². The number of hydrogen-bond acceptors (Lipinski definition) is 2. The van der Waals surface area contributed by atoms with Gasteiger partial charge in [0, 0.05) is 5.92 Å². The van der Waals surface area contributed by atoms with E-state index in [0.717, 1.165) is 18.7 Å². The summed E-state index contributed by atoms with van der Waals surface area (Å²) >= 11 is 0. The summed E-state index contributed by atoms with van der Waals surface area (Å²) in [6.45, 7) is 4.99. The molecule has 2 heteroatoms. The lowest BCUT2D eigenvalue weighted by Gasteiger charge is -2.26. The van der Waals surface area contributed by atoms with E-state index in [1.807, 2.05) is 0 Å². The van der Waals surface area contributed by atoms with Crippen LogP contribution in [0.4, 0.5) is 0 Å². The van der Waals surface area contributed by atoms with Gasteiger partial charge in [0.05, 0.1) is 0 Å². The number of hydrogen-bond donors (Lipinski definition) is 1. The average molecular weight is 247 g/mol. The molecule has 1 aliphatic carbocycles. The Hall–Kier alpha value is -1.02. The normalized spacial score (nSPS) is 24.6. The SMILES string of the molecule is Cc1cccc(C)c1OC1CCCCCC1CN. The molecule has 2 nitrogen and oxygen atoms in total. The smallest absolute Gasteiger partial charge is 0.125 e. The number of aryl methyl sites for hydroxylation is 2. The first-order chi connectivity index (χ1) is 8.72. The minimum atomic E-state index is 0.303. The Bertz CT molecular complexity index is 368. The van der Waals surface area contributed by atoms with Crippen molar-refractivity contribution in [1.82, 2.24) is 0 Å². The van der Waals surface area contributed by atoms with Crippen molar-refractivity contribution >= 4 is 0 Å². The van der Waals surface area contributed by atoms with E-state index >= 15 is 0 Å². The van der Waals surface area contributed by atoms with Crippen molar-refractivity contribution < 1.29 is 4.74 Å². The van der Waals surface area contributed by atoms with E-state index < -0.39 is 0 Å². The van der Waals surface area contributed by atoms with Gasteiger partial charge in [0.1, 0.15) is 11.9 Å². The van der Waals surface area contributed by atoms with E-state index in [1.165, 1.54) is 36.8 Å². The van der Waals surface area contributed by atoms with E-state index in [2.05, 4.69) is 32.0 Å². The lowest BCUT2D eigenvalue weighted by atomic mass is 9.97. The Balaban J connectivity index is 2.15. The first-order valence-corrected chi connectivity index (χ1v) is 7.15. The summed E-state index contributed by atoms with van der Waals surface area (Å²) in [5.41, 5.74) is 8.38. The maximum Gasteiger partial charge on any atom is 0.125 e. The molecule has 0 aromatic heterocycles. The van der Waals surface area contributed by atoms with Crippen LogP contribution in [-0.2, 0) is 0 Å². The fraction of sp³-hybridized carbons (Fsp3) is 0.625. The third kappa shape index (κ3) is 3.05. The number of benzene rings is 1. The lowest BCUT2D eigenvalue weighted by molar-refractivity contribution is 0.128. The summed E-state index contributed by atoms with van der Waals surface area (Å²) in [5, 5.41) is 0. The highest BCUT2D eigenvalue weighted by molar-refractivity contribution is 5.39. The van der Waals surface area contributed by atoms with Gasteiger partial charge in [-0.05, 0) is 50.8 Å². The van der Waals surface area contributed by atoms with Crippen LogP contribution >= 0.6 is 0 Å². The maximum atomic E-state index is 6.32. The molecule has 2 atom stereocenters. The molecule has 1 fully saturated rings. The van der Waals surface area contributed by atoms with Crippen molar-refractivity contribution in [3.63, 3.8) is 0 Å². The van der Waals surface area contributed by atoms with Crippen LogP contribution in [-0.4, -0.2) is 12.6 Å². The molecule has 18 heavy (non-hydrogen) atoms. The van der Waals surface area contributed by atoms with E-state index in [4.69, 9.17) is 10.5 Å². The summed E-state index contributed by atoms with van der Waals surface area (Å²) in [6, 6.07) is 6.33. The van der Waals surface area contributed by atoms with Gasteiger partial charge in [-0.1, -0.05) is 31.0 Å². The highest BCUT2D eigenvalue weighted by Crippen LogP contribution is 2.30. The highest BCUT2D eigenvalue weighted by atomic mass is 16.5. The fourth-order valence-electron chi connectivity index (χ4n) is 2.91. The zero-order valence-electron chi connectivity index (χ0n) is 11.6. The van der Waals surface area contributed by atoms with Gasteiger partial charge in [0.2, 0.25) is 0 Å². The Morgan fingerprint density at radius 3 is 2.44 bits per heavy atom. The van der Waals surface area contributed by atoms with Crippen LogP contribution in [0.1, 0.15) is 43.2 Å². The van der Waals surface area contributed by atoms with Gasteiger partial charge >= 0.3 is 0 Å². The number of para-hydroxylation sites is 1. The van der Waals surface area contributed by atoms with Gasteiger partial charge in [-0.3, -0.25) is 0 Å². The molecular weight excluding hydrogens is 222 g/mol. The topological polar surface area (TPSA) is 35.2 Å². The van der Waals surface area contributed by atoms with Crippen LogP contribution in [0.2, 0.25) is 0 Å². The van der Waals surface area contributed by atoms with Gasteiger partial charge in [-0.15, -0.1) is 0 Å². The van der Waals surface area contributed by atoms with Crippen LogP contribution < -0.4 is 10.5 Å². The standard InChI is InChI=1S/C16H25NO/c1-12-7-6-8-13(2)16(12)18-15-10-5-3-4-9-14(15)11-17/h6-8,14-15H,3-5,9-11,17H2,1-2H3. The third-order valence-electron chi connectivity index (χ3n) is 4.07. The first-order valence-electron chi connectivity index (χ1n) is 7.15. The van der Waals surface area contributed by atoms with Crippen molar-refractivity contribution in [2.45, 2.75) is 52.1 Å². The molecule has 2 N–H and O–H groups in total. The Labute approximate surface area is 111 Å². The molecule has 0 saturated heterocycles. The first kappa shape index (κ1) is 13.4. The van der Waals surface area contributed by atoms with E-state index in [-0.39, 0.29) is 0 Å². The molecule has 2 unspecified atom stereocenters. The van der Waals surface area contributed by atoms with Gasteiger partial charge in [0.25, 0.3) is 0 Å². The van der Waals surface area contributed by atoms with E-state index in [0.29, 0.717) is 12.0 Å². The monoisotopic (exact) mass is 247 g/mol. The predicted octanol–water partition coefficient (Wildman–Crippen LogP) is 3.59. The maximum absolute atomic E-state index is 6.32. The summed E-state index contributed by atoms with van der Waals surface area (Å²) in [5.74, 6) is 1.59. The molecule has 0 amide bonds. The molecule has 1 aromatic rings. The molecule has 0 spiro atoms. The molecule has 0 heterocycles. The van der Waals surface area contributed by atoms with Crippen molar-refractivity contribution in [2.75, 3.05) is 6.54 Å².